The number of ether oxygens (including phenoxy) is 1. The van der Waals surface area contributed by atoms with Crippen molar-refractivity contribution >= 4 is 5.78 Å². The molecule has 0 aliphatic rings. The van der Waals surface area contributed by atoms with Crippen LogP contribution in [0, 0.1) is 0 Å². The van der Waals surface area contributed by atoms with Gasteiger partial charge in [0.15, 0.2) is 0 Å². The number of ketones is 1. The largest absolute Gasteiger partial charge is 0.497 e. The first-order valence-corrected chi connectivity index (χ1v) is 5.85. The summed E-state index contributed by atoms with van der Waals surface area (Å²) in [6, 6.07) is 9.03. The predicted molar refractivity (Wildman–Crippen MR) is 69.0 cm³/mol. The van der Waals surface area contributed by atoms with Crippen molar-refractivity contribution in [2.45, 2.75) is 19.9 Å². The van der Waals surface area contributed by atoms with Crippen LogP contribution in [0.4, 0.5) is 0 Å². The molecular weight excluding hydrogens is 228 g/mol. The number of rotatable bonds is 4. The smallest absolute Gasteiger partial charge is 0.211 e. The molecule has 0 spiro atoms. The third-order valence-electron chi connectivity index (χ3n) is 2.72. The Kier molecular flexibility index (Phi) is 3.46. The molecule has 0 atom stereocenters. The summed E-state index contributed by atoms with van der Waals surface area (Å²) < 4.78 is 6.85. The number of hydrogen-bond donors (Lipinski definition) is 0. The summed E-state index contributed by atoms with van der Waals surface area (Å²) in [6.07, 6.45) is 1.65. The number of nitrogens with zero attached hydrogens (tertiary/aromatic N) is 2. The van der Waals surface area contributed by atoms with Gasteiger partial charge in [-0.15, -0.1) is 0 Å². The molecule has 0 radical (unpaired) electrons. The zero-order valence-electron chi connectivity index (χ0n) is 10.8. The Labute approximate surface area is 106 Å². The van der Waals surface area contributed by atoms with E-state index in [2.05, 4.69) is 5.10 Å². The van der Waals surface area contributed by atoms with E-state index in [4.69, 9.17) is 4.74 Å². The molecule has 1 aromatic heterocycles. The maximum Gasteiger partial charge on any atom is 0.211 e. The van der Waals surface area contributed by atoms with Crippen LogP contribution in [0.15, 0.2) is 36.5 Å². The highest BCUT2D eigenvalue weighted by molar-refractivity contribution is 6.08. The zero-order chi connectivity index (χ0) is 13.1. The SMILES string of the molecule is COc1cccc(C(=O)c2ccnn2C(C)C)c1. The lowest BCUT2D eigenvalue weighted by Crippen LogP contribution is -2.13. The second-order valence-electron chi connectivity index (χ2n) is 4.32. The zero-order valence-corrected chi connectivity index (χ0v) is 10.8. The third kappa shape index (κ3) is 2.27. The summed E-state index contributed by atoms with van der Waals surface area (Å²) in [7, 11) is 1.59. The summed E-state index contributed by atoms with van der Waals surface area (Å²) in [6.45, 7) is 3.99. The minimum atomic E-state index is -0.0416. The molecule has 18 heavy (non-hydrogen) atoms. The number of carbonyl (C=O) groups is 1. The minimum absolute atomic E-state index is 0.0416. The average molecular weight is 244 g/mol. The molecule has 0 bridgehead atoms. The molecule has 0 amide bonds. The van der Waals surface area contributed by atoms with Crippen molar-refractivity contribution in [2.24, 2.45) is 0 Å². The van der Waals surface area contributed by atoms with Gasteiger partial charge in [-0.05, 0) is 32.0 Å². The highest BCUT2D eigenvalue weighted by Crippen LogP contribution is 2.17. The number of aromatic nitrogens is 2. The van der Waals surface area contributed by atoms with Crippen molar-refractivity contribution in [3.8, 4) is 5.75 Å². The first-order chi connectivity index (χ1) is 8.63. The normalized spacial score (nSPS) is 10.7. The Bertz CT molecular complexity index is 558. The monoisotopic (exact) mass is 244 g/mol. The molecule has 0 saturated carbocycles. The van der Waals surface area contributed by atoms with E-state index < -0.39 is 0 Å². The molecule has 0 fully saturated rings. The number of hydrogen-bond acceptors (Lipinski definition) is 3. The molecule has 0 saturated heterocycles. The molecule has 94 valence electrons. The van der Waals surface area contributed by atoms with E-state index in [1.54, 1.807) is 36.2 Å². The molecule has 4 nitrogen and oxygen atoms in total. The molecular formula is C14H16N2O2. The van der Waals surface area contributed by atoms with E-state index in [0.717, 1.165) is 0 Å². The first-order valence-electron chi connectivity index (χ1n) is 5.85. The van der Waals surface area contributed by atoms with Gasteiger partial charge in [-0.25, -0.2) is 0 Å². The van der Waals surface area contributed by atoms with Crippen LogP contribution in [0.3, 0.4) is 0 Å². The van der Waals surface area contributed by atoms with Crippen LogP contribution in [0.25, 0.3) is 0 Å². The summed E-state index contributed by atoms with van der Waals surface area (Å²) in [5.74, 6) is 0.636. The van der Waals surface area contributed by atoms with Crippen LogP contribution in [0.5, 0.6) is 5.75 Å². The topological polar surface area (TPSA) is 44.1 Å². The molecule has 0 aliphatic heterocycles. The lowest BCUT2D eigenvalue weighted by atomic mass is 10.1. The Hall–Kier alpha value is -2.10. The fraction of sp³-hybridized carbons (Fsp3) is 0.286. The van der Waals surface area contributed by atoms with Crippen molar-refractivity contribution in [1.82, 2.24) is 9.78 Å². The summed E-state index contributed by atoms with van der Waals surface area (Å²) in [5, 5.41) is 4.17. The maximum atomic E-state index is 12.4. The second kappa shape index (κ2) is 5.04. The van der Waals surface area contributed by atoms with E-state index in [-0.39, 0.29) is 11.8 Å². The van der Waals surface area contributed by atoms with E-state index in [1.807, 2.05) is 26.0 Å². The molecule has 1 heterocycles. The van der Waals surface area contributed by atoms with Crippen molar-refractivity contribution in [1.29, 1.82) is 0 Å². The van der Waals surface area contributed by atoms with Gasteiger partial charge >= 0.3 is 0 Å². The van der Waals surface area contributed by atoms with Crippen LogP contribution in [0.1, 0.15) is 35.9 Å². The van der Waals surface area contributed by atoms with Crippen molar-refractivity contribution in [2.75, 3.05) is 7.11 Å². The summed E-state index contributed by atoms with van der Waals surface area (Å²) in [5.41, 5.74) is 1.20. The van der Waals surface area contributed by atoms with Gasteiger partial charge in [0.1, 0.15) is 11.4 Å². The highest BCUT2D eigenvalue weighted by atomic mass is 16.5. The molecule has 4 heteroatoms. The number of benzene rings is 1. The Balaban J connectivity index is 2.38. The third-order valence-corrected chi connectivity index (χ3v) is 2.72. The second-order valence-corrected chi connectivity index (χ2v) is 4.32. The number of methoxy groups -OCH3 is 1. The van der Waals surface area contributed by atoms with Gasteiger partial charge < -0.3 is 4.74 Å². The van der Waals surface area contributed by atoms with Crippen LogP contribution in [0.2, 0.25) is 0 Å². The van der Waals surface area contributed by atoms with Gasteiger partial charge in [0, 0.05) is 17.8 Å². The lowest BCUT2D eigenvalue weighted by Gasteiger charge is -2.10. The Morgan fingerprint density at radius 3 is 2.78 bits per heavy atom. The maximum absolute atomic E-state index is 12.4. The minimum Gasteiger partial charge on any atom is -0.497 e. The van der Waals surface area contributed by atoms with Gasteiger partial charge in [0.05, 0.1) is 7.11 Å². The van der Waals surface area contributed by atoms with Gasteiger partial charge in [0.25, 0.3) is 0 Å². The van der Waals surface area contributed by atoms with Gasteiger partial charge in [-0.3, -0.25) is 9.48 Å². The van der Waals surface area contributed by atoms with Crippen LogP contribution >= 0.6 is 0 Å². The number of carbonyl (C=O) groups excluding carboxylic acids is 1. The molecule has 0 N–H and O–H groups in total. The first kappa shape index (κ1) is 12.4. The van der Waals surface area contributed by atoms with Gasteiger partial charge in [0.2, 0.25) is 5.78 Å². The molecule has 1 aromatic carbocycles. The molecule has 0 unspecified atom stereocenters. The van der Waals surface area contributed by atoms with Crippen LogP contribution in [-0.4, -0.2) is 22.7 Å². The Morgan fingerprint density at radius 2 is 2.11 bits per heavy atom. The molecule has 2 aromatic rings. The fourth-order valence-corrected chi connectivity index (χ4v) is 1.82. The fourth-order valence-electron chi connectivity index (χ4n) is 1.82. The highest BCUT2D eigenvalue weighted by Gasteiger charge is 2.16. The average Bonchev–Trinajstić information content (AvgIpc) is 2.87. The summed E-state index contributed by atoms with van der Waals surface area (Å²) in [4.78, 5) is 12.4. The van der Waals surface area contributed by atoms with E-state index >= 15 is 0 Å². The summed E-state index contributed by atoms with van der Waals surface area (Å²) >= 11 is 0. The van der Waals surface area contributed by atoms with Crippen molar-refractivity contribution in [3.05, 3.63) is 47.8 Å². The van der Waals surface area contributed by atoms with Crippen LogP contribution < -0.4 is 4.74 Å². The predicted octanol–water partition coefficient (Wildman–Crippen LogP) is 2.70. The van der Waals surface area contributed by atoms with E-state index in [0.29, 0.717) is 17.0 Å². The van der Waals surface area contributed by atoms with Crippen molar-refractivity contribution in [3.63, 3.8) is 0 Å². The van der Waals surface area contributed by atoms with Gasteiger partial charge in [-0.2, -0.15) is 5.10 Å². The Morgan fingerprint density at radius 1 is 1.33 bits per heavy atom. The lowest BCUT2D eigenvalue weighted by molar-refractivity contribution is 0.102. The van der Waals surface area contributed by atoms with Crippen LogP contribution in [-0.2, 0) is 0 Å². The van der Waals surface area contributed by atoms with Crippen molar-refractivity contribution < 1.29 is 9.53 Å². The van der Waals surface area contributed by atoms with Gasteiger partial charge in [-0.1, -0.05) is 12.1 Å². The molecule has 2 rings (SSSR count). The quantitative estimate of drug-likeness (QED) is 0.777. The standard InChI is InChI=1S/C14H16N2O2/c1-10(2)16-13(7-8-15-16)14(17)11-5-4-6-12(9-11)18-3/h4-10H,1-3H3. The van der Waals surface area contributed by atoms with E-state index in [1.165, 1.54) is 0 Å². The van der Waals surface area contributed by atoms with E-state index in [9.17, 15) is 4.79 Å². The molecule has 0 aliphatic carbocycles.